The highest BCUT2D eigenvalue weighted by molar-refractivity contribution is 7.89. The molecule has 0 N–H and O–H groups in total. The molecule has 0 bridgehead atoms. The van der Waals surface area contributed by atoms with Crippen LogP contribution in [0.25, 0.3) is 11.0 Å². The van der Waals surface area contributed by atoms with Crippen molar-refractivity contribution in [1.29, 1.82) is 5.26 Å². The van der Waals surface area contributed by atoms with E-state index in [4.69, 9.17) is 5.26 Å². The van der Waals surface area contributed by atoms with Gasteiger partial charge in [-0.2, -0.15) is 22.7 Å². The summed E-state index contributed by atoms with van der Waals surface area (Å²) >= 11 is 0. The first kappa shape index (κ1) is 17.2. The Bertz CT molecular complexity index is 870. The van der Waals surface area contributed by atoms with Gasteiger partial charge in [-0.1, -0.05) is 6.07 Å². The summed E-state index contributed by atoms with van der Waals surface area (Å²) in [5.41, 5.74) is 0.138. The van der Waals surface area contributed by atoms with Crippen LogP contribution < -0.4 is 0 Å². The van der Waals surface area contributed by atoms with Crippen LogP contribution in [0.15, 0.2) is 21.7 Å². The predicted octanol–water partition coefficient (Wildman–Crippen LogP) is 2.00. The van der Waals surface area contributed by atoms with Crippen molar-refractivity contribution in [3.63, 3.8) is 0 Å². The van der Waals surface area contributed by atoms with E-state index in [0.29, 0.717) is 0 Å². The van der Waals surface area contributed by atoms with Gasteiger partial charge in [-0.3, -0.25) is 0 Å². The highest BCUT2D eigenvalue weighted by atomic mass is 32.2. The number of hydrogen-bond donors (Lipinski definition) is 0. The fraction of sp³-hybridized carbons (Fsp3) is 0.417. The number of hydrogen-bond acceptors (Lipinski definition) is 6. The second-order valence-corrected chi connectivity index (χ2v) is 6.72. The first-order chi connectivity index (χ1) is 10.6. The molecule has 1 atom stereocenters. The normalized spacial score (nSPS) is 14.1. The molecule has 1 heterocycles. The lowest BCUT2D eigenvalue weighted by molar-refractivity contribution is -0.167. The molecule has 0 saturated heterocycles. The first-order valence-electron chi connectivity index (χ1n) is 6.24. The van der Waals surface area contributed by atoms with Gasteiger partial charge in [-0.05, 0) is 28.9 Å². The summed E-state index contributed by atoms with van der Waals surface area (Å²) in [5.74, 6) is 0. The van der Waals surface area contributed by atoms with Gasteiger partial charge in [0.05, 0.1) is 12.5 Å². The summed E-state index contributed by atoms with van der Waals surface area (Å²) in [6.45, 7) is 1.42. The van der Waals surface area contributed by atoms with Gasteiger partial charge < -0.3 is 0 Å². The Labute approximate surface area is 129 Å². The van der Waals surface area contributed by atoms with Gasteiger partial charge in [0.2, 0.25) is 10.0 Å². The Balaban J connectivity index is 2.62. The molecule has 0 aliphatic heterocycles. The van der Waals surface area contributed by atoms with Gasteiger partial charge in [-0.15, -0.1) is 0 Å². The molecule has 1 aromatic heterocycles. The Morgan fingerprint density at radius 3 is 2.61 bits per heavy atom. The number of nitrogens with zero attached hydrogens (tertiary/aromatic N) is 4. The number of fused-ring (bicyclic) bond motifs is 1. The lowest BCUT2D eigenvalue weighted by Gasteiger charge is -2.27. The van der Waals surface area contributed by atoms with Crippen LogP contribution in [-0.2, 0) is 10.0 Å². The molecule has 0 spiro atoms. The highest BCUT2D eigenvalue weighted by Crippen LogP contribution is 2.33. The van der Waals surface area contributed by atoms with Crippen molar-refractivity contribution in [1.82, 2.24) is 14.6 Å². The molecule has 2 aromatic rings. The lowest BCUT2D eigenvalue weighted by Crippen LogP contribution is -2.46. The molecule has 0 fully saturated rings. The van der Waals surface area contributed by atoms with Gasteiger partial charge in [0, 0.05) is 7.05 Å². The minimum atomic E-state index is -4.89. The van der Waals surface area contributed by atoms with Crippen LogP contribution in [0.1, 0.15) is 12.0 Å². The third-order valence-electron chi connectivity index (χ3n) is 3.32. The molecular weight excluding hydrogens is 337 g/mol. The van der Waals surface area contributed by atoms with E-state index < -0.39 is 33.6 Å². The van der Waals surface area contributed by atoms with Crippen LogP contribution >= 0.6 is 0 Å². The molecule has 0 aliphatic rings. The van der Waals surface area contributed by atoms with E-state index in [1.165, 1.54) is 25.1 Å². The maximum Gasteiger partial charge on any atom is 0.406 e. The molecule has 23 heavy (non-hydrogen) atoms. The van der Waals surface area contributed by atoms with Crippen LogP contribution in [0.4, 0.5) is 13.2 Å². The number of rotatable bonds is 4. The second-order valence-electron chi connectivity index (χ2n) is 4.78. The predicted molar refractivity (Wildman–Crippen MR) is 71.6 cm³/mol. The summed E-state index contributed by atoms with van der Waals surface area (Å²) in [7, 11) is -3.80. The van der Waals surface area contributed by atoms with Crippen molar-refractivity contribution in [2.24, 2.45) is 0 Å². The van der Waals surface area contributed by atoms with Gasteiger partial charge in [-0.25, -0.2) is 13.0 Å². The van der Waals surface area contributed by atoms with Crippen molar-refractivity contribution in [3.8, 4) is 6.07 Å². The Morgan fingerprint density at radius 2 is 2.04 bits per heavy atom. The number of aryl methyl sites for hydroxylation is 1. The number of nitriles is 1. The van der Waals surface area contributed by atoms with Gasteiger partial charge >= 0.3 is 6.18 Å². The SMILES string of the molecule is Cc1ccc2nonc2c1S(=O)(=O)N(C)C(CC#N)C(F)(F)F. The van der Waals surface area contributed by atoms with Crippen molar-refractivity contribution >= 4 is 21.1 Å². The van der Waals surface area contributed by atoms with Crippen LogP contribution in [-0.4, -0.2) is 42.3 Å². The summed E-state index contributed by atoms with van der Waals surface area (Å²) in [6, 6.07) is 1.72. The van der Waals surface area contributed by atoms with Gasteiger partial charge in [0.15, 0.2) is 5.52 Å². The van der Waals surface area contributed by atoms with E-state index in [1.807, 2.05) is 0 Å². The fourth-order valence-electron chi connectivity index (χ4n) is 2.10. The molecule has 124 valence electrons. The van der Waals surface area contributed by atoms with Crippen LogP contribution in [0, 0.1) is 18.3 Å². The zero-order valence-electron chi connectivity index (χ0n) is 12.0. The molecule has 1 aromatic carbocycles. The van der Waals surface area contributed by atoms with E-state index in [9.17, 15) is 21.6 Å². The zero-order chi connectivity index (χ0) is 17.4. The van der Waals surface area contributed by atoms with Gasteiger partial charge in [0.1, 0.15) is 16.5 Å². The smallest absolute Gasteiger partial charge is 0.243 e. The minimum absolute atomic E-state index is 0.103. The number of aromatic nitrogens is 2. The van der Waals surface area contributed by atoms with E-state index in [0.717, 1.165) is 7.05 Å². The van der Waals surface area contributed by atoms with Crippen molar-refractivity contribution < 1.29 is 26.2 Å². The van der Waals surface area contributed by atoms with Crippen molar-refractivity contribution in [2.45, 2.75) is 30.5 Å². The molecule has 2 rings (SSSR count). The van der Waals surface area contributed by atoms with Crippen molar-refractivity contribution in [3.05, 3.63) is 17.7 Å². The molecular formula is C12H11F3N4O3S. The summed E-state index contributed by atoms with van der Waals surface area (Å²) in [4.78, 5) is -0.425. The minimum Gasteiger partial charge on any atom is -0.243 e. The molecule has 11 heteroatoms. The molecule has 7 nitrogen and oxygen atoms in total. The molecule has 1 unspecified atom stereocenters. The van der Waals surface area contributed by atoms with Crippen LogP contribution in [0.3, 0.4) is 0 Å². The first-order valence-corrected chi connectivity index (χ1v) is 7.68. The standard InChI is InChI=1S/C12H11F3N4O3S/c1-7-3-4-8-10(18-22-17-8)11(7)23(20,21)19(2)9(5-6-16)12(13,14)15/h3-4,9H,5H2,1-2H3. The van der Waals surface area contributed by atoms with E-state index in [1.54, 1.807) is 0 Å². The zero-order valence-corrected chi connectivity index (χ0v) is 12.8. The number of sulfonamides is 1. The maximum absolute atomic E-state index is 13.1. The Kier molecular flexibility index (Phi) is 4.32. The number of benzene rings is 1. The van der Waals surface area contributed by atoms with Crippen LogP contribution in [0.2, 0.25) is 0 Å². The molecule has 0 radical (unpaired) electrons. The Morgan fingerprint density at radius 1 is 1.39 bits per heavy atom. The third-order valence-corrected chi connectivity index (χ3v) is 5.36. The summed E-state index contributed by atoms with van der Waals surface area (Å²) in [6.07, 6.45) is -5.91. The molecule has 0 saturated carbocycles. The average molecular weight is 348 g/mol. The summed E-state index contributed by atoms with van der Waals surface area (Å²) in [5, 5.41) is 15.5. The quantitative estimate of drug-likeness (QED) is 0.838. The van der Waals surface area contributed by atoms with E-state index >= 15 is 0 Å². The largest absolute Gasteiger partial charge is 0.406 e. The monoisotopic (exact) mass is 348 g/mol. The third kappa shape index (κ3) is 2.99. The fourth-order valence-corrected chi connectivity index (χ4v) is 3.78. The number of halogens is 3. The maximum atomic E-state index is 13.1. The second kappa shape index (κ2) is 5.78. The summed E-state index contributed by atoms with van der Waals surface area (Å²) < 4.78 is 69.0. The average Bonchev–Trinajstić information content (AvgIpc) is 2.90. The topological polar surface area (TPSA) is 100 Å². The van der Waals surface area contributed by atoms with Crippen LogP contribution in [0.5, 0.6) is 0 Å². The Hall–Kier alpha value is -2.19. The molecule has 0 aliphatic carbocycles. The number of alkyl halides is 3. The van der Waals surface area contributed by atoms with Crippen molar-refractivity contribution in [2.75, 3.05) is 7.05 Å². The lowest BCUT2D eigenvalue weighted by atomic mass is 10.2. The van der Waals surface area contributed by atoms with Gasteiger partial charge in [0.25, 0.3) is 0 Å². The van der Waals surface area contributed by atoms with E-state index in [2.05, 4.69) is 14.9 Å². The highest BCUT2D eigenvalue weighted by Gasteiger charge is 2.47. The molecule has 0 amide bonds. The van der Waals surface area contributed by atoms with E-state index in [-0.39, 0.29) is 20.9 Å².